The highest BCUT2D eigenvalue weighted by atomic mass is 32.2. The molecule has 2 N–H and O–H groups in total. The maximum atomic E-state index is 13.0. The zero-order valence-corrected chi connectivity index (χ0v) is 17.4. The minimum atomic E-state index is -0.537. The molecule has 6 nitrogen and oxygen atoms in total. The van der Waals surface area contributed by atoms with Crippen molar-refractivity contribution in [2.24, 2.45) is 0 Å². The van der Waals surface area contributed by atoms with E-state index in [4.69, 9.17) is 4.74 Å². The van der Waals surface area contributed by atoms with Gasteiger partial charge in [0.25, 0.3) is 5.56 Å². The number of hydrogen-bond acceptors (Lipinski definition) is 6. The zero-order valence-electron chi connectivity index (χ0n) is 16.5. The lowest BCUT2D eigenvalue weighted by molar-refractivity contribution is -0.143. The van der Waals surface area contributed by atoms with Crippen LogP contribution in [-0.4, -0.2) is 27.8 Å². The van der Waals surface area contributed by atoms with E-state index in [1.807, 2.05) is 37.3 Å². The van der Waals surface area contributed by atoms with Gasteiger partial charge in [-0.3, -0.25) is 4.79 Å². The van der Waals surface area contributed by atoms with Crippen LogP contribution in [0.25, 0.3) is 0 Å². The van der Waals surface area contributed by atoms with Crippen molar-refractivity contribution in [3.63, 3.8) is 0 Å². The second kappa shape index (κ2) is 8.65. The van der Waals surface area contributed by atoms with Gasteiger partial charge >= 0.3 is 5.97 Å². The summed E-state index contributed by atoms with van der Waals surface area (Å²) in [4.78, 5) is 33.3. The number of carbonyl (C=O) groups is 1. The monoisotopic (exact) mass is 399 g/mol. The molecule has 1 atom stereocenters. The van der Waals surface area contributed by atoms with E-state index in [0.717, 1.165) is 17.7 Å². The Morgan fingerprint density at radius 2 is 2.00 bits per heavy atom. The summed E-state index contributed by atoms with van der Waals surface area (Å²) >= 11 is 1.51. The summed E-state index contributed by atoms with van der Waals surface area (Å²) in [6.07, 6.45) is 0.727. The molecule has 28 heavy (non-hydrogen) atoms. The van der Waals surface area contributed by atoms with Crippen LogP contribution in [0.3, 0.4) is 0 Å². The first kappa shape index (κ1) is 20.2. The first-order valence-electron chi connectivity index (χ1n) is 9.43. The van der Waals surface area contributed by atoms with Crippen molar-refractivity contribution in [1.82, 2.24) is 9.97 Å². The number of rotatable bonds is 6. The molecular weight excluding hydrogens is 374 g/mol. The molecule has 1 aliphatic rings. The van der Waals surface area contributed by atoms with Crippen molar-refractivity contribution in [2.45, 2.75) is 51.3 Å². The van der Waals surface area contributed by atoms with Gasteiger partial charge < -0.3 is 15.0 Å². The number of benzene rings is 1. The number of aromatic amines is 1. The van der Waals surface area contributed by atoms with Gasteiger partial charge in [0.1, 0.15) is 5.82 Å². The Morgan fingerprint density at radius 1 is 1.29 bits per heavy atom. The fourth-order valence-electron chi connectivity index (χ4n) is 3.23. The third-order valence-electron chi connectivity index (χ3n) is 4.36. The largest absolute Gasteiger partial charge is 0.460 e. The van der Waals surface area contributed by atoms with Gasteiger partial charge in [-0.1, -0.05) is 49.0 Å². The lowest BCUT2D eigenvalue weighted by atomic mass is 9.82. The molecule has 0 spiro atoms. The highest BCUT2D eigenvalue weighted by Crippen LogP contribution is 2.40. The smallest absolute Gasteiger partial charge is 0.337 e. The van der Waals surface area contributed by atoms with Crippen LogP contribution in [0.5, 0.6) is 0 Å². The Hall–Kier alpha value is -2.54. The van der Waals surface area contributed by atoms with E-state index < -0.39 is 11.9 Å². The molecule has 0 saturated heterocycles. The second-order valence-electron chi connectivity index (χ2n) is 6.94. The van der Waals surface area contributed by atoms with Crippen LogP contribution in [0, 0.1) is 0 Å². The molecule has 1 aromatic heterocycles. The van der Waals surface area contributed by atoms with Crippen LogP contribution in [0.1, 0.15) is 51.2 Å². The first-order valence-corrected chi connectivity index (χ1v) is 10.4. The summed E-state index contributed by atoms with van der Waals surface area (Å²) in [5, 5.41) is 3.73. The van der Waals surface area contributed by atoms with Crippen molar-refractivity contribution in [3.8, 4) is 0 Å². The van der Waals surface area contributed by atoms with E-state index in [9.17, 15) is 9.59 Å². The number of nitrogens with zero attached hydrogens (tertiary/aromatic N) is 1. The van der Waals surface area contributed by atoms with Gasteiger partial charge in [-0.2, -0.15) is 0 Å². The SMILES string of the molecule is CCCSc1nc2c(c(=O)[nH]1)C(c1ccccc1)C(C(=O)OC(C)C)=C(C)N2. The van der Waals surface area contributed by atoms with E-state index in [1.54, 1.807) is 13.8 Å². The number of thioether (sulfide) groups is 1. The molecule has 0 bridgehead atoms. The molecule has 7 heteroatoms. The van der Waals surface area contributed by atoms with Gasteiger partial charge in [-0.15, -0.1) is 0 Å². The number of fused-ring (bicyclic) bond motifs is 1. The molecule has 1 unspecified atom stereocenters. The van der Waals surface area contributed by atoms with Gasteiger partial charge in [-0.25, -0.2) is 9.78 Å². The number of anilines is 1. The minimum Gasteiger partial charge on any atom is -0.460 e. The summed E-state index contributed by atoms with van der Waals surface area (Å²) in [7, 11) is 0. The summed E-state index contributed by atoms with van der Waals surface area (Å²) in [5.74, 6) is 0.397. The van der Waals surface area contributed by atoms with Crippen molar-refractivity contribution in [3.05, 3.63) is 63.1 Å². The zero-order chi connectivity index (χ0) is 20.3. The Balaban J connectivity index is 2.16. The lowest BCUT2D eigenvalue weighted by Gasteiger charge is -2.29. The number of ether oxygens (including phenoxy) is 1. The number of nitrogens with one attached hydrogen (secondary N) is 2. The van der Waals surface area contributed by atoms with E-state index in [2.05, 4.69) is 22.2 Å². The Kier molecular flexibility index (Phi) is 6.24. The van der Waals surface area contributed by atoms with E-state index >= 15 is 0 Å². The summed E-state index contributed by atoms with van der Waals surface area (Å²) in [6.45, 7) is 7.51. The second-order valence-corrected chi connectivity index (χ2v) is 8.03. The van der Waals surface area contributed by atoms with Crippen molar-refractivity contribution in [2.75, 3.05) is 11.1 Å². The van der Waals surface area contributed by atoms with Gasteiger partial charge in [0.2, 0.25) is 0 Å². The highest BCUT2D eigenvalue weighted by Gasteiger charge is 2.36. The van der Waals surface area contributed by atoms with Gasteiger partial charge in [0.15, 0.2) is 5.16 Å². The topological polar surface area (TPSA) is 84.1 Å². The first-order chi connectivity index (χ1) is 13.4. The van der Waals surface area contributed by atoms with Gasteiger partial charge in [0.05, 0.1) is 23.2 Å². The number of aromatic nitrogens is 2. The molecular formula is C21H25N3O3S. The van der Waals surface area contributed by atoms with E-state index in [1.165, 1.54) is 11.8 Å². The fraction of sp³-hybridized carbons (Fsp3) is 0.381. The minimum absolute atomic E-state index is 0.243. The molecule has 0 aliphatic carbocycles. The molecule has 1 aliphatic heterocycles. The van der Waals surface area contributed by atoms with Crippen molar-refractivity contribution in [1.29, 1.82) is 0 Å². The molecule has 148 valence electrons. The van der Waals surface area contributed by atoms with E-state index in [0.29, 0.717) is 27.8 Å². The third kappa shape index (κ3) is 4.14. The van der Waals surface area contributed by atoms with Crippen molar-refractivity contribution < 1.29 is 9.53 Å². The Morgan fingerprint density at radius 3 is 2.64 bits per heavy atom. The van der Waals surface area contributed by atoms with Gasteiger partial charge in [0, 0.05) is 11.4 Å². The number of carbonyl (C=O) groups excluding carboxylic acids is 1. The number of H-pyrrole nitrogens is 1. The van der Waals surface area contributed by atoms with Crippen molar-refractivity contribution >= 4 is 23.5 Å². The number of esters is 1. The molecule has 1 aromatic carbocycles. The summed E-state index contributed by atoms with van der Waals surface area (Å²) < 4.78 is 5.47. The third-order valence-corrected chi connectivity index (χ3v) is 5.44. The maximum absolute atomic E-state index is 13.0. The predicted octanol–water partition coefficient (Wildman–Crippen LogP) is 4.06. The highest BCUT2D eigenvalue weighted by molar-refractivity contribution is 7.99. The average Bonchev–Trinajstić information content (AvgIpc) is 2.65. The Labute approximate surface area is 168 Å². The summed E-state index contributed by atoms with van der Waals surface area (Å²) in [6, 6.07) is 9.51. The Bertz CT molecular complexity index is 951. The van der Waals surface area contributed by atoms with Crippen LogP contribution >= 0.6 is 11.8 Å². The van der Waals surface area contributed by atoms with Crippen LogP contribution in [0.15, 0.2) is 51.6 Å². The molecule has 0 amide bonds. The molecule has 0 fully saturated rings. The van der Waals surface area contributed by atoms with Gasteiger partial charge in [-0.05, 0) is 32.8 Å². The number of allylic oxidation sites excluding steroid dienone is 1. The molecule has 0 radical (unpaired) electrons. The van der Waals surface area contributed by atoms with Crippen LogP contribution in [0.2, 0.25) is 0 Å². The standard InChI is InChI=1S/C21H25N3O3S/c1-5-11-28-21-23-18-17(19(25)24-21)16(14-9-7-6-8-10-14)15(13(4)22-18)20(26)27-12(2)3/h6-10,12,16H,5,11H2,1-4H3,(H2,22,23,24,25). The van der Waals surface area contributed by atoms with Crippen LogP contribution < -0.4 is 10.9 Å². The van der Waals surface area contributed by atoms with E-state index in [-0.39, 0.29) is 11.7 Å². The number of hydrogen-bond donors (Lipinski definition) is 2. The molecule has 2 aromatic rings. The molecule has 2 heterocycles. The lowest BCUT2D eigenvalue weighted by Crippen LogP contribution is -2.31. The normalized spacial score (nSPS) is 16.0. The fourth-order valence-corrected chi connectivity index (χ4v) is 3.94. The average molecular weight is 400 g/mol. The summed E-state index contributed by atoms with van der Waals surface area (Å²) in [5.41, 5.74) is 2.13. The molecule has 3 rings (SSSR count). The maximum Gasteiger partial charge on any atom is 0.337 e. The molecule has 0 saturated carbocycles. The quantitative estimate of drug-likeness (QED) is 0.433. The predicted molar refractivity (Wildman–Crippen MR) is 112 cm³/mol. The van der Waals surface area contributed by atoms with Crippen LogP contribution in [-0.2, 0) is 9.53 Å². The van der Waals surface area contributed by atoms with Crippen LogP contribution in [0.4, 0.5) is 5.82 Å².